The molecule has 0 atom stereocenters. The number of rotatable bonds is 5. The summed E-state index contributed by atoms with van der Waals surface area (Å²) in [7, 11) is 0. The number of H-pyrrole nitrogens is 1. The van der Waals surface area contributed by atoms with Crippen molar-refractivity contribution >= 4 is 16.9 Å². The Morgan fingerprint density at radius 2 is 2.07 bits per heavy atom. The number of aromatic nitrogens is 5. The molecule has 0 unspecified atom stereocenters. The summed E-state index contributed by atoms with van der Waals surface area (Å²) in [6.45, 7) is 3.91. The van der Waals surface area contributed by atoms with Gasteiger partial charge in [0.1, 0.15) is 12.1 Å². The SMILES string of the molecule is CC1=C(/C=C(\C)C(=O)NCc2ncc(-c3ncnc4[nH]ncc34)cc2F)CCCC1. The highest BCUT2D eigenvalue weighted by Crippen LogP contribution is 2.26. The van der Waals surface area contributed by atoms with Crippen LogP contribution in [0, 0.1) is 5.82 Å². The number of pyridine rings is 1. The van der Waals surface area contributed by atoms with Gasteiger partial charge in [0, 0.05) is 17.3 Å². The Balaban J connectivity index is 1.47. The van der Waals surface area contributed by atoms with Crippen molar-refractivity contribution in [3.05, 3.63) is 59.1 Å². The van der Waals surface area contributed by atoms with Crippen molar-refractivity contribution in [2.45, 2.75) is 46.1 Å². The van der Waals surface area contributed by atoms with Crippen LogP contribution in [0.15, 0.2) is 47.6 Å². The molecule has 3 heterocycles. The van der Waals surface area contributed by atoms with Gasteiger partial charge in [-0.3, -0.25) is 14.9 Å². The maximum atomic E-state index is 14.6. The Labute approximate surface area is 173 Å². The number of halogens is 1. The van der Waals surface area contributed by atoms with E-state index in [1.165, 1.54) is 36.2 Å². The number of amides is 1. The molecule has 154 valence electrons. The van der Waals surface area contributed by atoms with Crippen LogP contribution in [0.5, 0.6) is 0 Å². The molecule has 0 aromatic carbocycles. The minimum absolute atomic E-state index is 0.0129. The van der Waals surface area contributed by atoms with Gasteiger partial charge in [-0.15, -0.1) is 0 Å². The first-order valence-electron chi connectivity index (χ1n) is 9.97. The number of fused-ring (bicyclic) bond motifs is 1. The zero-order valence-corrected chi connectivity index (χ0v) is 17.0. The molecule has 0 radical (unpaired) electrons. The maximum absolute atomic E-state index is 14.6. The number of nitrogens with one attached hydrogen (secondary N) is 2. The van der Waals surface area contributed by atoms with Crippen molar-refractivity contribution in [1.29, 1.82) is 0 Å². The second kappa shape index (κ2) is 8.52. The zero-order valence-electron chi connectivity index (χ0n) is 17.0. The molecule has 1 amide bonds. The third kappa shape index (κ3) is 4.12. The van der Waals surface area contributed by atoms with Gasteiger partial charge in [0.05, 0.1) is 29.5 Å². The van der Waals surface area contributed by atoms with Crippen LogP contribution in [0.4, 0.5) is 4.39 Å². The quantitative estimate of drug-likeness (QED) is 0.624. The van der Waals surface area contributed by atoms with E-state index < -0.39 is 5.82 Å². The van der Waals surface area contributed by atoms with Crippen molar-refractivity contribution in [3.8, 4) is 11.3 Å². The number of aromatic amines is 1. The van der Waals surface area contributed by atoms with E-state index in [0.29, 0.717) is 27.9 Å². The summed E-state index contributed by atoms with van der Waals surface area (Å²) in [6, 6.07) is 1.36. The number of nitrogens with zero attached hydrogens (tertiary/aromatic N) is 4. The van der Waals surface area contributed by atoms with Crippen molar-refractivity contribution in [1.82, 2.24) is 30.5 Å². The van der Waals surface area contributed by atoms with Gasteiger partial charge in [-0.05, 0) is 51.2 Å². The number of hydrogen-bond donors (Lipinski definition) is 2. The number of hydrogen-bond acceptors (Lipinski definition) is 5. The first-order chi connectivity index (χ1) is 14.5. The summed E-state index contributed by atoms with van der Waals surface area (Å²) in [5.74, 6) is -0.724. The van der Waals surface area contributed by atoms with E-state index in [2.05, 4.69) is 37.4 Å². The zero-order chi connectivity index (χ0) is 21.1. The van der Waals surface area contributed by atoms with E-state index in [0.717, 1.165) is 19.3 Å². The van der Waals surface area contributed by atoms with E-state index in [9.17, 15) is 9.18 Å². The van der Waals surface area contributed by atoms with Crippen LogP contribution >= 0.6 is 0 Å². The van der Waals surface area contributed by atoms with Crippen molar-refractivity contribution in [2.75, 3.05) is 0 Å². The highest BCUT2D eigenvalue weighted by Gasteiger charge is 2.14. The minimum Gasteiger partial charge on any atom is -0.347 e. The van der Waals surface area contributed by atoms with Crippen LogP contribution in [-0.4, -0.2) is 31.1 Å². The number of carbonyl (C=O) groups excluding carboxylic acids is 1. The molecule has 4 rings (SSSR count). The molecule has 30 heavy (non-hydrogen) atoms. The Hall–Kier alpha value is -3.42. The fourth-order valence-corrected chi connectivity index (χ4v) is 3.63. The minimum atomic E-state index is -0.504. The number of allylic oxidation sites excluding steroid dienone is 3. The standard InChI is InChI=1S/C22H23FN6O/c1-13-5-3-4-6-15(13)7-14(2)22(30)25-11-19-18(23)8-16(9-24-19)20-17-10-28-29-21(17)27-12-26-20/h7-10,12H,3-6,11H2,1-2H3,(H,25,30)(H,26,27,28,29)/b14-7+. The molecule has 2 N–H and O–H groups in total. The van der Waals surface area contributed by atoms with Gasteiger partial charge in [0.2, 0.25) is 5.91 Å². The Morgan fingerprint density at radius 1 is 1.23 bits per heavy atom. The molecular formula is C22H23FN6O. The molecule has 0 aliphatic heterocycles. The molecule has 1 aliphatic rings. The molecule has 3 aromatic rings. The van der Waals surface area contributed by atoms with E-state index in [4.69, 9.17) is 0 Å². The normalized spacial score (nSPS) is 15.0. The average molecular weight is 406 g/mol. The van der Waals surface area contributed by atoms with E-state index in [1.807, 2.05) is 6.08 Å². The van der Waals surface area contributed by atoms with Crippen LogP contribution in [0.3, 0.4) is 0 Å². The Bertz CT molecular complexity index is 1160. The van der Waals surface area contributed by atoms with E-state index in [1.54, 1.807) is 13.1 Å². The van der Waals surface area contributed by atoms with Gasteiger partial charge in [0.25, 0.3) is 0 Å². The highest BCUT2D eigenvalue weighted by atomic mass is 19.1. The molecule has 8 heteroatoms. The lowest BCUT2D eigenvalue weighted by Crippen LogP contribution is -2.24. The van der Waals surface area contributed by atoms with Crippen molar-refractivity contribution < 1.29 is 9.18 Å². The maximum Gasteiger partial charge on any atom is 0.247 e. The Kier molecular flexibility index (Phi) is 5.65. The lowest BCUT2D eigenvalue weighted by atomic mass is 9.91. The third-order valence-electron chi connectivity index (χ3n) is 5.40. The van der Waals surface area contributed by atoms with Gasteiger partial charge in [-0.1, -0.05) is 11.6 Å². The molecule has 0 fully saturated rings. The van der Waals surface area contributed by atoms with Crippen LogP contribution in [0.2, 0.25) is 0 Å². The summed E-state index contributed by atoms with van der Waals surface area (Å²) >= 11 is 0. The monoisotopic (exact) mass is 406 g/mol. The largest absolute Gasteiger partial charge is 0.347 e. The molecular weight excluding hydrogens is 383 g/mol. The third-order valence-corrected chi connectivity index (χ3v) is 5.40. The smallest absolute Gasteiger partial charge is 0.247 e. The summed E-state index contributed by atoms with van der Waals surface area (Å²) in [4.78, 5) is 24.9. The molecule has 0 saturated heterocycles. The topological polar surface area (TPSA) is 96.5 Å². The van der Waals surface area contributed by atoms with Gasteiger partial charge in [-0.2, -0.15) is 5.10 Å². The van der Waals surface area contributed by atoms with Gasteiger partial charge in [-0.25, -0.2) is 14.4 Å². The van der Waals surface area contributed by atoms with Crippen LogP contribution < -0.4 is 5.32 Å². The predicted molar refractivity (Wildman–Crippen MR) is 112 cm³/mol. The average Bonchev–Trinajstić information content (AvgIpc) is 3.23. The van der Waals surface area contributed by atoms with Crippen LogP contribution in [-0.2, 0) is 11.3 Å². The first kappa shape index (κ1) is 19.9. The summed E-state index contributed by atoms with van der Waals surface area (Å²) < 4.78 is 14.6. The van der Waals surface area contributed by atoms with Gasteiger partial charge >= 0.3 is 0 Å². The van der Waals surface area contributed by atoms with Crippen molar-refractivity contribution in [2.24, 2.45) is 0 Å². The summed E-state index contributed by atoms with van der Waals surface area (Å²) in [6.07, 6.45) is 10.9. The fourth-order valence-electron chi connectivity index (χ4n) is 3.63. The molecule has 3 aromatic heterocycles. The molecule has 0 saturated carbocycles. The van der Waals surface area contributed by atoms with Crippen LogP contribution in [0.25, 0.3) is 22.3 Å². The molecule has 1 aliphatic carbocycles. The van der Waals surface area contributed by atoms with E-state index >= 15 is 0 Å². The highest BCUT2D eigenvalue weighted by molar-refractivity contribution is 5.93. The lowest BCUT2D eigenvalue weighted by molar-refractivity contribution is -0.117. The lowest BCUT2D eigenvalue weighted by Gasteiger charge is -2.15. The summed E-state index contributed by atoms with van der Waals surface area (Å²) in [5, 5.41) is 10.1. The molecule has 7 nitrogen and oxygen atoms in total. The van der Waals surface area contributed by atoms with Crippen LogP contribution in [0.1, 0.15) is 45.2 Å². The predicted octanol–water partition coefficient (Wildman–Crippen LogP) is 4.01. The summed E-state index contributed by atoms with van der Waals surface area (Å²) in [5.41, 5.74) is 5.00. The fraction of sp³-hybridized carbons (Fsp3) is 0.318. The second-order valence-electron chi connectivity index (χ2n) is 7.53. The van der Waals surface area contributed by atoms with E-state index in [-0.39, 0.29) is 18.1 Å². The first-order valence-corrected chi connectivity index (χ1v) is 9.97. The van der Waals surface area contributed by atoms with Gasteiger partial charge < -0.3 is 5.32 Å². The number of carbonyl (C=O) groups is 1. The molecule has 0 bridgehead atoms. The Morgan fingerprint density at radius 3 is 2.87 bits per heavy atom. The van der Waals surface area contributed by atoms with Crippen molar-refractivity contribution in [3.63, 3.8) is 0 Å². The second-order valence-corrected chi connectivity index (χ2v) is 7.53. The van der Waals surface area contributed by atoms with Gasteiger partial charge in [0.15, 0.2) is 5.65 Å². The molecule has 0 spiro atoms.